The van der Waals surface area contributed by atoms with Gasteiger partial charge in [-0.25, -0.2) is 9.59 Å². The van der Waals surface area contributed by atoms with Crippen LogP contribution in [0.5, 0.6) is 5.75 Å². The van der Waals surface area contributed by atoms with Crippen molar-refractivity contribution < 1.29 is 33.7 Å². The highest BCUT2D eigenvalue weighted by Gasteiger charge is 2.53. The summed E-state index contributed by atoms with van der Waals surface area (Å²) in [5, 5.41) is 9.11. The number of carbonyl (C=O) groups is 3. The van der Waals surface area contributed by atoms with E-state index in [1.54, 1.807) is 30.5 Å². The normalized spacial score (nSPS) is 19.1. The number of esters is 3. The van der Waals surface area contributed by atoms with E-state index in [0.717, 1.165) is 18.3 Å². The van der Waals surface area contributed by atoms with Gasteiger partial charge in [0.2, 0.25) is 0 Å². The predicted octanol–water partition coefficient (Wildman–Crippen LogP) is 6.91. The Labute approximate surface area is 253 Å². The highest BCUT2D eigenvalue weighted by Crippen LogP contribution is 2.61. The van der Waals surface area contributed by atoms with Crippen LogP contribution in [0.25, 0.3) is 0 Å². The Morgan fingerprint density at radius 3 is 2.15 bits per heavy atom. The van der Waals surface area contributed by atoms with E-state index in [2.05, 4.69) is 23.6 Å². The number of methoxy groups -OCH3 is 2. The number of aromatic nitrogens is 1. The van der Waals surface area contributed by atoms with Gasteiger partial charge >= 0.3 is 17.9 Å². The number of alkyl halides is 2. The standard InChI is InChI=1S/C12H20O2.C9H11NO2.C8H8O3.C2H4Cl2/c1-12(2)9-4-5-10(12)8(6-9)7-11(13)14-3;1-2-6-12-9(11)8-4-3-5-10-7-8;1-11-8(10)6-4-2-3-5-7(6)9;3-1-2-4/h8-10H,4-7H2,1-3H3;3-5,7H,2,6H2,1H3;2-5,9H,1H3;1-2H2. The van der Waals surface area contributed by atoms with Crippen LogP contribution >= 0.6 is 23.2 Å². The summed E-state index contributed by atoms with van der Waals surface area (Å²) >= 11 is 10.1. The van der Waals surface area contributed by atoms with Gasteiger partial charge in [-0.1, -0.05) is 32.9 Å². The maximum absolute atomic E-state index is 11.2. The van der Waals surface area contributed by atoms with Crippen LogP contribution in [-0.4, -0.2) is 60.6 Å². The minimum atomic E-state index is -0.525. The van der Waals surface area contributed by atoms with E-state index < -0.39 is 5.97 Å². The molecule has 2 saturated carbocycles. The number of hydrogen-bond acceptors (Lipinski definition) is 8. The summed E-state index contributed by atoms with van der Waals surface area (Å²) in [5.74, 6) is 2.40. The molecule has 0 amide bonds. The molecule has 0 saturated heterocycles. The van der Waals surface area contributed by atoms with Gasteiger partial charge in [0.05, 0.1) is 26.4 Å². The molecule has 228 valence electrons. The fourth-order valence-corrected chi connectivity index (χ4v) is 5.26. The first-order valence-corrected chi connectivity index (χ1v) is 14.8. The molecule has 1 aromatic heterocycles. The van der Waals surface area contributed by atoms with Gasteiger partial charge in [-0.2, -0.15) is 0 Å². The van der Waals surface area contributed by atoms with Crippen LogP contribution in [0.15, 0.2) is 48.8 Å². The molecule has 0 spiro atoms. The summed E-state index contributed by atoms with van der Waals surface area (Å²) in [7, 11) is 2.76. The summed E-state index contributed by atoms with van der Waals surface area (Å²) in [5.41, 5.74) is 1.17. The average molecular weight is 613 g/mol. The van der Waals surface area contributed by atoms with Gasteiger partial charge in [0.1, 0.15) is 11.3 Å². The van der Waals surface area contributed by atoms with Crippen molar-refractivity contribution in [2.24, 2.45) is 23.2 Å². The molecule has 3 atom stereocenters. The molecule has 1 heterocycles. The SMILES string of the molecule is CCCOC(=O)c1cccnc1.COC(=O)CC1CC2CCC1C2(C)C.COC(=O)c1ccccc1O.ClCCCl. The Bertz CT molecular complexity index is 1060. The molecule has 4 rings (SSSR count). The number of phenolic OH excluding ortho intramolecular Hbond substituents is 1. The summed E-state index contributed by atoms with van der Waals surface area (Å²) in [6.45, 7) is 7.16. The number of carbonyl (C=O) groups excluding carboxylic acids is 3. The largest absolute Gasteiger partial charge is 0.507 e. The topological polar surface area (TPSA) is 112 Å². The second kappa shape index (κ2) is 19.3. The number of rotatable bonds is 7. The first-order valence-electron chi connectivity index (χ1n) is 13.7. The van der Waals surface area contributed by atoms with Gasteiger partial charge in [-0.05, 0) is 73.1 Å². The Kier molecular flexibility index (Phi) is 17.0. The molecule has 1 aromatic carbocycles. The van der Waals surface area contributed by atoms with E-state index in [0.29, 0.717) is 41.7 Å². The van der Waals surface area contributed by atoms with Crippen LogP contribution in [0.4, 0.5) is 0 Å². The van der Waals surface area contributed by atoms with E-state index in [1.807, 2.05) is 6.92 Å². The van der Waals surface area contributed by atoms with E-state index in [1.165, 1.54) is 51.8 Å². The zero-order valence-electron chi connectivity index (χ0n) is 24.6. The lowest BCUT2D eigenvalue weighted by Gasteiger charge is -2.26. The molecule has 2 bridgehead atoms. The molecule has 2 aliphatic carbocycles. The third-order valence-electron chi connectivity index (χ3n) is 7.36. The van der Waals surface area contributed by atoms with Crippen molar-refractivity contribution in [1.82, 2.24) is 4.98 Å². The van der Waals surface area contributed by atoms with Gasteiger partial charge in [-0.3, -0.25) is 9.78 Å². The molecular formula is C31H43Cl2NO7. The first-order chi connectivity index (χ1) is 19.6. The Balaban J connectivity index is 0.000000291. The van der Waals surface area contributed by atoms with Gasteiger partial charge in [0, 0.05) is 30.6 Å². The zero-order valence-corrected chi connectivity index (χ0v) is 26.1. The molecule has 0 aliphatic heterocycles. The lowest BCUT2D eigenvalue weighted by Crippen LogP contribution is -2.21. The third-order valence-corrected chi connectivity index (χ3v) is 7.93. The predicted molar refractivity (Wildman–Crippen MR) is 160 cm³/mol. The highest BCUT2D eigenvalue weighted by molar-refractivity contribution is 6.25. The molecule has 0 radical (unpaired) electrons. The Morgan fingerprint density at radius 1 is 1.00 bits per heavy atom. The van der Waals surface area contributed by atoms with Crippen molar-refractivity contribution in [1.29, 1.82) is 0 Å². The van der Waals surface area contributed by atoms with E-state index in [-0.39, 0.29) is 23.3 Å². The second-order valence-corrected chi connectivity index (χ2v) is 11.0. The average Bonchev–Trinajstić information content (AvgIpc) is 3.42. The second-order valence-electron chi connectivity index (χ2n) is 10.2. The summed E-state index contributed by atoms with van der Waals surface area (Å²) in [6.07, 6.45) is 8.53. The van der Waals surface area contributed by atoms with Gasteiger partial charge < -0.3 is 19.3 Å². The van der Waals surface area contributed by atoms with Gasteiger partial charge in [0.15, 0.2) is 0 Å². The van der Waals surface area contributed by atoms with Crippen LogP contribution in [-0.2, 0) is 19.0 Å². The van der Waals surface area contributed by atoms with Crippen molar-refractivity contribution >= 4 is 41.1 Å². The maximum atomic E-state index is 11.2. The quantitative estimate of drug-likeness (QED) is 0.204. The van der Waals surface area contributed by atoms with Crippen molar-refractivity contribution in [3.8, 4) is 5.75 Å². The van der Waals surface area contributed by atoms with Gasteiger partial charge in [0.25, 0.3) is 0 Å². The van der Waals surface area contributed by atoms with Crippen LogP contribution < -0.4 is 0 Å². The maximum Gasteiger partial charge on any atom is 0.341 e. The number of fused-ring (bicyclic) bond motifs is 2. The zero-order chi connectivity index (χ0) is 30.8. The molecule has 2 aliphatic rings. The molecule has 41 heavy (non-hydrogen) atoms. The highest BCUT2D eigenvalue weighted by atomic mass is 35.5. The van der Waals surface area contributed by atoms with Crippen molar-refractivity contribution in [2.75, 3.05) is 32.6 Å². The smallest absolute Gasteiger partial charge is 0.341 e. The molecular weight excluding hydrogens is 569 g/mol. The Morgan fingerprint density at radius 2 is 1.68 bits per heavy atom. The number of halogens is 2. The summed E-state index contributed by atoms with van der Waals surface area (Å²) < 4.78 is 14.1. The van der Waals surface area contributed by atoms with E-state index >= 15 is 0 Å². The third kappa shape index (κ3) is 11.9. The number of aromatic hydroxyl groups is 1. The summed E-state index contributed by atoms with van der Waals surface area (Å²) in [4.78, 5) is 37.0. The van der Waals surface area contributed by atoms with Crippen molar-refractivity contribution in [3.63, 3.8) is 0 Å². The van der Waals surface area contributed by atoms with Crippen LogP contribution in [0.3, 0.4) is 0 Å². The van der Waals surface area contributed by atoms with E-state index in [4.69, 9.17) is 37.8 Å². The minimum Gasteiger partial charge on any atom is -0.507 e. The van der Waals surface area contributed by atoms with Crippen LogP contribution in [0, 0.1) is 23.2 Å². The lowest BCUT2D eigenvalue weighted by molar-refractivity contribution is -0.142. The molecule has 10 heteroatoms. The van der Waals surface area contributed by atoms with Crippen molar-refractivity contribution in [3.05, 3.63) is 59.9 Å². The fraction of sp³-hybridized carbons (Fsp3) is 0.548. The number of nitrogens with zero attached hydrogens (tertiary/aromatic N) is 1. The number of ether oxygens (including phenoxy) is 3. The number of pyridine rings is 1. The fourth-order valence-electron chi connectivity index (χ4n) is 5.26. The molecule has 2 aromatic rings. The minimum absolute atomic E-state index is 0.0293. The van der Waals surface area contributed by atoms with Crippen LogP contribution in [0.1, 0.15) is 73.6 Å². The molecule has 8 nitrogen and oxygen atoms in total. The molecule has 2 fully saturated rings. The Hall–Kier alpha value is -2.84. The van der Waals surface area contributed by atoms with Gasteiger partial charge in [-0.15, -0.1) is 23.2 Å². The lowest BCUT2D eigenvalue weighted by atomic mass is 9.79. The van der Waals surface area contributed by atoms with Crippen LogP contribution in [0.2, 0.25) is 0 Å². The number of phenols is 1. The molecule has 1 N–H and O–H groups in total. The summed E-state index contributed by atoms with van der Waals surface area (Å²) in [6, 6.07) is 9.63. The number of para-hydroxylation sites is 1. The first kappa shape index (κ1) is 36.2. The monoisotopic (exact) mass is 611 g/mol. The van der Waals surface area contributed by atoms with E-state index in [9.17, 15) is 14.4 Å². The number of benzene rings is 1. The van der Waals surface area contributed by atoms with Crippen molar-refractivity contribution in [2.45, 2.75) is 52.9 Å². The number of hydrogen-bond donors (Lipinski definition) is 1. The molecule has 3 unspecified atom stereocenters.